The van der Waals surface area contributed by atoms with Crippen molar-refractivity contribution in [2.24, 2.45) is 5.92 Å². The first kappa shape index (κ1) is 16.0. The van der Waals surface area contributed by atoms with Gasteiger partial charge in [0.25, 0.3) is 0 Å². The van der Waals surface area contributed by atoms with Gasteiger partial charge in [0.1, 0.15) is 5.75 Å². The van der Waals surface area contributed by atoms with E-state index >= 15 is 0 Å². The molecule has 0 radical (unpaired) electrons. The summed E-state index contributed by atoms with van der Waals surface area (Å²) in [4.78, 5) is 0. The van der Waals surface area contributed by atoms with Crippen LogP contribution in [-0.2, 0) is 6.42 Å². The molecule has 1 aromatic carbocycles. The minimum absolute atomic E-state index is 0.110. The number of nitrogens with one attached hydrogen (secondary N) is 1. The highest BCUT2D eigenvalue weighted by atomic mass is 16.5. The molecule has 0 unspecified atom stereocenters. The number of methoxy groups -OCH3 is 2. The molecule has 21 heavy (non-hydrogen) atoms. The first-order valence-electron chi connectivity index (χ1n) is 7.76. The van der Waals surface area contributed by atoms with Gasteiger partial charge in [-0.25, -0.2) is 0 Å². The predicted molar refractivity (Wildman–Crippen MR) is 84.6 cm³/mol. The van der Waals surface area contributed by atoms with Crippen LogP contribution in [0.3, 0.4) is 0 Å². The second-order valence-electron chi connectivity index (χ2n) is 5.88. The molecule has 1 heterocycles. The first-order chi connectivity index (χ1) is 10.1. The normalized spacial score (nSPS) is 16.0. The van der Waals surface area contributed by atoms with E-state index in [0.717, 1.165) is 36.8 Å². The molecule has 0 aliphatic carbocycles. The predicted octanol–water partition coefficient (Wildman–Crippen LogP) is 3.03. The van der Waals surface area contributed by atoms with E-state index in [9.17, 15) is 0 Å². The van der Waals surface area contributed by atoms with Crippen LogP contribution in [0.2, 0.25) is 0 Å². The van der Waals surface area contributed by atoms with E-state index in [4.69, 9.17) is 14.2 Å². The van der Waals surface area contributed by atoms with E-state index in [0.29, 0.717) is 5.92 Å². The smallest absolute Gasteiger partial charge is 0.165 e. The lowest BCUT2D eigenvalue weighted by molar-refractivity contribution is 0.228. The third-order valence-corrected chi connectivity index (χ3v) is 3.90. The van der Waals surface area contributed by atoms with Crippen molar-refractivity contribution in [1.82, 2.24) is 5.32 Å². The summed E-state index contributed by atoms with van der Waals surface area (Å²) in [6.45, 7) is 6.24. The van der Waals surface area contributed by atoms with Crippen molar-refractivity contribution in [3.05, 3.63) is 17.7 Å². The van der Waals surface area contributed by atoms with Gasteiger partial charge in [-0.05, 0) is 63.7 Å². The van der Waals surface area contributed by atoms with E-state index in [-0.39, 0.29) is 6.10 Å². The van der Waals surface area contributed by atoms with Crippen molar-refractivity contribution in [3.8, 4) is 17.2 Å². The van der Waals surface area contributed by atoms with Crippen LogP contribution in [-0.4, -0.2) is 33.4 Å². The molecule has 0 spiro atoms. The minimum atomic E-state index is 0.110. The van der Waals surface area contributed by atoms with Gasteiger partial charge in [-0.3, -0.25) is 0 Å². The molecule has 1 aromatic rings. The summed E-state index contributed by atoms with van der Waals surface area (Å²) in [6, 6.07) is 4.02. The van der Waals surface area contributed by atoms with Crippen molar-refractivity contribution in [1.29, 1.82) is 0 Å². The quantitative estimate of drug-likeness (QED) is 0.875. The van der Waals surface area contributed by atoms with Crippen molar-refractivity contribution in [3.63, 3.8) is 0 Å². The van der Waals surface area contributed by atoms with Gasteiger partial charge < -0.3 is 19.5 Å². The Kier molecular flexibility index (Phi) is 5.74. The van der Waals surface area contributed by atoms with Gasteiger partial charge in [-0.15, -0.1) is 0 Å². The molecule has 0 atom stereocenters. The fourth-order valence-electron chi connectivity index (χ4n) is 2.84. The average Bonchev–Trinajstić information content (AvgIpc) is 2.48. The second-order valence-corrected chi connectivity index (χ2v) is 5.88. The Morgan fingerprint density at radius 3 is 2.29 bits per heavy atom. The molecule has 0 saturated carbocycles. The Hall–Kier alpha value is -1.42. The van der Waals surface area contributed by atoms with E-state index in [1.54, 1.807) is 14.2 Å². The van der Waals surface area contributed by atoms with Crippen LogP contribution in [0, 0.1) is 5.92 Å². The van der Waals surface area contributed by atoms with E-state index < -0.39 is 0 Å². The van der Waals surface area contributed by atoms with E-state index in [1.165, 1.54) is 18.4 Å². The molecular weight excluding hydrogens is 266 g/mol. The van der Waals surface area contributed by atoms with Crippen LogP contribution in [0.15, 0.2) is 12.1 Å². The minimum Gasteiger partial charge on any atom is -0.496 e. The average molecular weight is 293 g/mol. The zero-order valence-electron chi connectivity index (χ0n) is 13.6. The monoisotopic (exact) mass is 293 g/mol. The Morgan fingerprint density at radius 2 is 1.71 bits per heavy atom. The van der Waals surface area contributed by atoms with Crippen LogP contribution < -0.4 is 19.5 Å². The molecule has 1 aliphatic heterocycles. The molecule has 0 bridgehead atoms. The van der Waals surface area contributed by atoms with Gasteiger partial charge in [0.15, 0.2) is 11.5 Å². The summed E-state index contributed by atoms with van der Waals surface area (Å²) in [5.74, 6) is 3.14. The second kappa shape index (κ2) is 7.55. The molecule has 118 valence electrons. The van der Waals surface area contributed by atoms with Gasteiger partial charge in [0, 0.05) is 6.07 Å². The topological polar surface area (TPSA) is 39.7 Å². The summed E-state index contributed by atoms with van der Waals surface area (Å²) < 4.78 is 16.8. The summed E-state index contributed by atoms with van der Waals surface area (Å²) >= 11 is 0. The summed E-state index contributed by atoms with van der Waals surface area (Å²) in [7, 11) is 3.40. The van der Waals surface area contributed by atoms with Crippen molar-refractivity contribution in [2.75, 3.05) is 27.3 Å². The molecule has 1 N–H and O–H groups in total. The largest absolute Gasteiger partial charge is 0.496 e. The fraction of sp³-hybridized carbons (Fsp3) is 0.647. The SMILES string of the molecule is COc1cc(OC(C)C)c(OC)cc1CC1CCNCC1. The van der Waals surface area contributed by atoms with Gasteiger partial charge in [0.2, 0.25) is 0 Å². The zero-order chi connectivity index (χ0) is 15.2. The highest BCUT2D eigenvalue weighted by molar-refractivity contribution is 5.51. The Labute approximate surface area is 127 Å². The maximum absolute atomic E-state index is 5.81. The number of hydrogen-bond acceptors (Lipinski definition) is 4. The fourth-order valence-corrected chi connectivity index (χ4v) is 2.84. The standard InChI is InChI=1S/C17H27NO3/c1-12(2)21-17-11-15(19-3)14(10-16(17)20-4)9-13-5-7-18-8-6-13/h10-13,18H,5-9H2,1-4H3. The van der Waals surface area contributed by atoms with E-state index in [1.807, 2.05) is 19.9 Å². The first-order valence-corrected chi connectivity index (χ1v) is 7.76. The third kappa shape index (κ3) is 4.27. The molecule has 0 aromatic heterocycles. The van der Waals surface area contributed by atoms with Crippen LogP contribution in [0.5, 0.6) is 17.2 Å². The molecule has 1 fully saturated rings. The van der Waals surface area contributed by atoms with Crippen molar-refractivity contribution in [2.45, 2.75) is 39.2 Å². The molecule has 4 heteroatoms. The summed E-state index contributed by atoms with van der Waals surface area (Å²) in [5, 5.41) is 3.41. The van der Waals surface area contributed by atoms with Crippen molar-refractivity contribution >= 4 is 0 Å². The van der Waals surface area contributed by atoms with Gasteiger partial charge in [0.05, 0.1) is 20.3 Å². The van der Waals surface area contributed by atoms with Crippen LogP contribution in [0.1, 0.15) is 32.3 Å². The summed E-state index contributed by atoms with van der Waals surface area (Å²) in [5.41, 5.74) is 1.21. The Bertz CT molecular complexity index is 454. The zero-order valence-corrected chi connectivity index (χ0v) is 13.6. The summed E-state index contributed by atoms with van der Waals surface area (Å²) in [6.07, 6.45) is 3.58. The van der Waals surface area contributed by atoms with Gasteiger partial charge in [-0.2, -0.15) is 0 Å². The molecule has 2 rings (SSSR count). The number of hydrogen-bond donors (Lipinski definition) is 1. The van der Waals surface area contributed by atoms with Gasteiger partial charge >= 0.3 is 0 Å². The number of benzene rings is 1. The van der Waals surface area contributed by atoms with E-state index in [2.05, 4.69) is 11.4 Å². The number of ether oxygens (including phenoxy) is 3. The molecule has 1 aliphatic rings. The lowest BCUT2D eigenvalue weighted by Gasteiger charge is -2.24. The van der Waals surface area contributed by atoms with Gasteiger partial charge in [-0.1, -0.05) is 0 Å². The number of piperidine rings is 1. The maximum atomic E-state index is 5.81. The lowest BCUT2D eigenvalue weighted by Crippen LogP contribution is -2.28. The number of rotatable bonds is 6. The van der Waals surface area contributed by atoms with Crippen LogP contribution >= 0.6 is 0 Å². The highest BCUT2D eigenvalue weighted by Gasteiger charge is 2.19. The highest BCUT2D eigenvalue weighted by Crippen LogP contribution is 2.37. The molecule has 4 nitrogen and oxygen atoms in total. The Morgan fingerprint density at radius 1 is 1.05 bits per heavy atom. The lowest BCUT2D eigenvalue weighted by atomic mass is 9.90. The molecule has 1 saturated heterocycles. The Balaban J connectivity index is 2.22. The van der Waals surface area contributed by atoms with Crippen molar-refractivity contribution < 1.29 is 14.2 Å². The van der Waals surface area contributed by atoms with Crippen LogP contribution in [0.4, 0.5) is 0 Å². The van der Waals surface area contributed by atoms with Crippen LogP contribution in [0.25, 0.3) is 0 Å². The molecule has 0 amide bonds. The molecular formula is C17H27NO3. The third-order valence-electron chi connectivity index (χ3n) is 3.90. The maximum Gasteiger partial charge on any atom is 0.165 e.